The fourth-order valence-corrected chi connectivity index (χ4v) is 1.82. The Morgan fingerprint density at radius 3 is 2.82 bits per heavy atom. The molecule has 0 saturated carbocycles. The first-order valence-electron chi connectivity index (χ1n) is 5.02. The second-order valence-corrected chi connectivity index (χ2v) is 4.29. The van der Waals surface area contributed by atoms with Gasteiger partial charge in [-0.1, -0.05) is 12.1 Å². The third kappa shape index (κ3) is 2.68. The van der Waals surface area contributed by atoms with Gasteiger partial charge >= 0.3 is 0 Å². The number of amides is 1. The lowest BCUT2D eigenvalue weighted by atomic mass is 10.1. The highest BCUT2D eigenvalue weighted by Crippen LogP contribution is 2.21. The second-order valence-electron chi connectivity index (χ2n) is 3.50. The number of benzene rings is 1. The molecule has 0 radical (unpaired) electrons. The first kappa shape index (κ1) is 11.7. The average Bonchev–Trinajstić information content (AvgIpc) is 2.34. The number of nitrogens with one attached hydrogen (secondary N) is 1. The summed E-state index contributed by atoms with van der Waals surface area (Å²) in [5.41, 5.74) is 1.59. The highest BCUT2D eigenvalue weighted by atomic mass is 79.9. The Morgan fingerprint density at radius 1 is 1.29 bits per heavy atom. The van der Waals surface area contributed by atoms with Gasteiger partial charge in [0.2, 0.25) is 0 Å². The van der Waals surface area contributed by atoms with E-state index in [1.54, 1.807) is 24.4 Å². The molecule has 0 bridgehead atoms. The molecule has 0 fully saturated rings. The van der Waals surface area contributed by atoms with E-state index in [1.165, 1.54) is 0 Å². The van der Waals surface area contributed by atoms with Crippen molar-refractivity contribution in [3.63, 3.8) is 0 Å². The van der Waals surface area contributed by atoms with Crippen LogP contribution in [0, 0.1) is 6.92 Å². The quantitative estimate of drug-likeness (QED) is 0.926. The summed E-state index contributed by atoms with van der Waals surface area (Å²) in [6, 6.07) is 8.93. The van der Waals surface area contributed by atoms with Crippen LogP contribution in [0.25, 0.3) is 0 Å². The topological polar surface area (TPSA) is 54.9 Å². The molecule has 4 nitrogen and oxygen atoms in total. The molecule has 1 aromatic heterocycles. The first-order valence-corrected chi connectivity index (χ1v) is 5.82. The fraction of sp³-hybridized carbons (Fsp3) is 0.0833. The van der Waals surface area contributed by atoms with Crippen LogP contribution in [0.3, 0.4) is 0 Å². The van der Waals surface area contributed by atoms with E-state index < -0.39 is 0 Å². The van der Waals surface area contributed by atoms with Crippen LogP contribution in [0.1, 0.15) is 15.9 Å². The number of halogens is 1. The molecule has 5 heteroatoms. The van der Waals surface area contributed by atoms with Crippen LogP contribution in [0.4, 0.5) is 5.82 Å². The number of carbonyl (C=O) groups is 1. The molecule has 2 rings (SSSR count). The van der Waals surface area contributed by atoms with Gasteiger partial charge in [-0.05, 0) is 46.6 Å². The van der Waals surface area contributed by atoms with E-state index in [-0.39, 0.29) is 5.91 Å². The molecule has 0 aliphatic heterocycles. The molecule has 0 aliphatic carbocycles. The molecule has 1 heterocycles. The Bertz CT molecular complexity index is 543. The van der Waals surface area contributed by atoms with Gasteiger partial charge in [0.25, 0.3) is 5.91 Å². The highest BCUT2D eigenvalue weighted by Gasteiger charge is 2.11. The summed E-state index contributed by atoms with van der Waals surface area (Å²) in [4.78, 5) is 12.0. The van der Waals surface area contributed by atoms with E-state index >= 15 is 0 Å². The number of hydrogen-bond acceptors (Lipinski definition) is 3. The zero-order chi connectivity index (χ0) is 12.3. The molecule has 1 N–H and O–H groups in total. The lowest BCUT2D eigenvalue weighted by molar-refractivity contribution is 0.102. The zero-order valence-corrected chi connectivity index (χ0v) is 10.7. The molecule has 0 unspecified atom stereocenters. The minimum atomic E-state index is -0.207. The van der Waals surface area contributed by atoms with E-state index in [0.717, 1.165) is 10.0 Å². The lowest BCUT2D eigenvalue weighted by Crippen LogP contribution is -2.14. The number of aryl methyl sites for hydroxylation is 1. The van der Waals surface area contributed by atoms with Gasteiger partial charge in [-0.3, -0.25) is 4.79 Å². The zero-order valence-electron chi connectivity index (χ0n) is 9.14. The van der Waals surface area contributed by atoms with Crippen molar-refractivity contribution in [2.45, 2.75) is 6.92 Å². The van der Waals surface area contributed by atoms with Crippen molar-refractivity contribution >= 4 is 27.7 Å². The van der Waals surface area contributed by atoms with Crippen molar-refractivity contribution in [2.24, 2.45) is 0 Å². The standard InChI is InChI=1S/C12H10BrN3O/c1-8-4-2-5-9(11(8)13)12(17)15-10-6-3-7-14-16-10/h2-7H,1H3,(H,15,16,17). The SMILES string of the molecule is Cc1cccc(C(=O)Nc2cccnn2)c1Br. The minimum Gasteiger partial charge on any atom is -0.305 e. The van der Waals surface area contributed by atoms with Gasteiger partial charge in [0.1, 0.15) is 0 Å². The summed E-state index contributed by atoms with van der Waals surface area (Å²) in [5.74, 6) is 0.229. The number of hydrogen-bond donors (Lipinski definition) is 1. The predicted molar refractivity (Wildman–Crippen MR) is 68.9 cm³/mol. The van der Waals surface area contributed by atoms with Gasteiger partial charge in [0.15, 0.2) is 5.82 Å². The summed E-state index contributed by atoms with van der Waals surface area (Å²) in [6.07, 6.45) is 1.55. The fourth-order valence-electron chi connectivity index (χ4n) is 1.37. The largest absolute Gasteiger partial charge is 0.305 e. The van der Waals surface area contributed by atoms with Gasteiger partial charge in [-0.2, -0.15) is 5.10 Å². The molecule has 0 aliphatic rings. The Balaban J connectivity index is 2.24. The normalized spacial score (nSPS) is 10.0. The predicted octanol–water partition coefficient (Wildman–Crippen LogP) is 2.80. The van der Waals surface area contributed by atoms with Crippen molar-refractivity contribution in [1.29, 1.82) is 0 Å². The van der Waals surface area contributed by atoms with Crippen LogP contribution < -0.4 is 5.32 Å². The van der Waals surface area contributed by atoms with Crippen LogP contribution in [0.15, 0.2) is 41.0 Å². The maximum absolute atomic E-state index is 12.0. The molecule has 2 aromatic rings. The van der Waals surface area contributed by atoms with Crippen molar-refractivity contribution in [1.82, 2.24) is 10.2 Å². The Morgan fingerprint density at radius 2 is 2.12 bits per heavy atom. The summed E-state index contributed by atoms with van der Waals surface area (Å²) in [5, 5.41) is 10.2. The number of aromatic nitrogens is 2. The molecule has 0 saturated heterocycles. The van der Waals surface area contributed by atoms with Crippen molar-refractivity contribution in [2.75, 3.05) is 5.32 Å². The number of carbonyl (C=O) groups excluding carboxylic acids is 1. The van der Waals surface area contributed by atoms with Gasteiger partial charge in [0.05, 0.1) is 5.56 Å². The smallest absolute Gasteiger partial charge is 0.258 e. The summed E-state index contributed by atoms with van der Waals surface area (Å²) >= 11 is 3.40. The van der Waals surface area contributed by atoms with Gasteiger partial charge < -0.3 is 5.32 Å². The minimum absolute atomic E-state index is 0.207. The average molecular weight is 292 g/mol. The molecule has 1 amide bonds. The van der Waals surface area contributed by atoms with Crippen molar-refractivity contribution in [3.8, 4) is 0 Å². The summed E-state index contributed by atoms with van der Waals surface area (Å²) in [6.45, 7) is 1.93. The first-order chi connectivity index (χ1) is 8.18. The molecule has 17 heavy (non-hydrogen) atoms. The van der Waals surface area contributed by atoms with Crippen molar-refractivity contribution < 1.29 is 4.79 Å². The number of anilines is 1. The van der Waals surface area contributed by atoms with Gasteiger partial charge in [-0.15, -0.1) is 5.10 Å². The molecular weight excluding hydrogens is 282 g/mol. The Hall–Kier alpha value is -1.75. The van der Waals surface area contributed by atoms with E-state index in [2.05, 4.69) is 31.4 Å². The maximum Gasteiger partial charge on any atom is 0.258 e. The van der Waals surface area contributed by atoms with Crippen LogP contribution in [0.5, 0.6) is 0 Å². The molecule has 0 spiro atoms. The second kappa shape index (κ2) is 5.05. The van der Waals surface area contributed by atoms with Crippen LogP contribution >= 0.6 is 15.9 Å². The third-order valence-electron chi connectivity index (χ3n) is 2.25. The van der Waals surface area contributed by atoms with Crippen LogP contribution in [-0.2, 0) is 0 Å². The number of nitrogens with zero attached hydrogens (tertiary/aromatic N) is 2. The Labute approximate surface area is 107 Å². The van der Waals surface area contributed by atoms with E-state index in [4.69, 9.17) is 0 Å². The lowest BCUT2D eigenvalue weighted by Gasteiger charge is -2.07. The van der Waals surface area contributed by atoms with Crippen molar-refractivity contribution in [3.05, 3.63) is 52.1 Å². The molecule has 0 atom stereocenters. The third-order valence-corrected chi connectivity index (χ3v) is 3.30. The van der Waals surface area contributed by atoms with Gasteiger partial charge in [-0.25, -0.2) is 0 Å². The maximum atomic E-state index is 12.0. The summed E-state index contributed by atoms with van der Waals surface area (Å²) in [7, 11) is 0. The Kier molecular flexibility index (Phi) is 3.49. The summed E-state index contributed by atoms with van der Waals surface area (Å²) < 4.78 is 0.793. The molecule has 86 valence electrons. The number of rotatable bonds is 2. The van der Waals surface area contributed by atoms with Crippen LogP contribution in [-0.4, -0.2) is 16.1 Å². The van der Waals surface area contributed by atoms with E-state index in [0.29, 0.717) is 11.4 Å². The van der Waals surface area contributed by atoms with Gasteiger partial charge in [0, 0.05) is 10.7 Å². The van der Waals surface area contributed by atoms with Crippen LogP contribution in [0.2, 0.25) is 0 Å². The molecule has 1 aromatic carbocycles. The van der Waals surface area contributed by atoms with E-state index in [1.807, 2.05) is 19.1 Å². The highest BCUT2D eigenvalue weighted by molar-refractivity contribution is 9.10. The van der Waals surface area contributed by atoms with E-state index in [9.17, 15) is 4.79 Å². The monoisotopic (exact) mass is 291 g/mol. The molecular formula is C12H10BrN3O.